The van der Waals surface area contributed by atoms with Crippen molar-refractivity contribution in [1.29, 1.82) is 0 Å². The van der Waals surface area contributed by atoms with E-state index in [9.17, 15) is 0 Å². The normalized spacial score (nSPS) is 20.4. The second kappa shape index (κ2) is 3.20. The van der Waals surface area contributed by atoms with Crippen molar-refractivity contribution < 1.29 is 20.0 Å². The summed E-state index contributed by atoms with van der Waals surface area (Å²) >= 11 is -1.90. The van der Waals surface area contributed by atoms with Gasteiger partial charge in [0.1, 0.15) is 0 Å². The van der Waals surface area contributed by atoms with Crippen molar-refractivity contribution in [2.45, 2.75) is 17.7 Å². The Morgan fingerprint density at radius 2 is 1.77 bits per heavy atom. The van der Waals surface area contributed by atoms with E-state index in [-0.39, 0.29) is 0 Å². The number of rotatable bonds is 1. The molecule has 1 heteroatoms. The van der Waals surface area contributed by atoms with Crippen molar-refractivity contribution in [3.63, 3.8) is 0 Å². The molecule has 1 aromatic rings. The van der Waals surface area contributed by atoms with E-state index >= 15 is 0 Å². The number of hydrogen-bond donors (Lipinski definition) is 0. The summed E-state index contributed by atoms with van der Waals surface area (Å²) in [4.78, 5) is 0. The zero-order valence-electron chi connectivity index (χ0n) is 8.54. The molecule has 0 spiro atoms. The predicted molar refractivity (Wildman–Crippen MR) is 55.8 cm³/mol. The Hall–Kier alpha value is -0.170. The van der Waals surface area contributed by atoms with Gasteiger partial charge in [0.05, 0.1) is 0 Å². The molecule has 1 unspecified atom stereocenters. The average molecular weight is 339 g/mol. The standard InChI is InChI=1S/C9H7.3CH3.Hf/c1-2-5-9-7-3-6-8(9)4-1;;;;/h1-7H;3*1H3;. The Kier molecular flexibility index (Phi) is 2.31. The number of allylic oxidation sites excluding steroid dienone is 1. The molecule has 2 rings (SSSR count). The topological polar surface area (TPSA) is 0 Å². The van der Waals surface area contributed by atoms with Gasteiger partial charge >= 0.3 is 85.2 Å². The van der Waals surface area contributed by atoms with Gasteiger partial charge in [-0.3, -0.25) is 0 Å². The summed E-state index contributed by atoms with van der Waals surface area (Å²) in [5.74, 6) is 0. The summed E-state index contributed by atoms with van der Waals surface area (Å²) in [5.41, 5.74) is 3.03. The van der Waals surface area contributed by atoms with E-state index in [1.165, 1.54) is 5.56 Å². The molecule has 1 atom stereocenters. The van der Waals surface area contributed by atoms with Crippen LogP contribution in [0.25, 0.3) is 6.08 Å². The van der Waals surface area contributed by atoms with Gasteiger partial charge in [0.2, 0.25) is 0 Å². The van der Waals surface area contributed by atoms with Crippen LogP contribution in [0.3, 0.4) is 0 Å². The zero-order valence-corrected chi connectivity index (χ0v) is 12.1. The molecule has 0 saturated carbocycles. The molecule has 0 saturated heterocycles. The summed E-state index contributed by atoms with van der Waals surface area (Å²) in [5, 5.41) is 0. The van der Waals surface area contributed by atoms with Crippen LogP contribution in [0, 0.1) is 0 Å². The van der Waals surface area contributed by atoms with Gasteiger partial charge in [0, 0.05) is 0 Å². The zero-order chi connectivity index (χ0) is 9.47. The van der Waals surface area contributed by atoms with Gasteiger partial charge in [-0.25, -0.2) is 0 Å². The maximum absolute atomic E-state index is 2.52. The molecular weight excluding hydrogens is 323 g/mol. The first-order chi connectivity index (χ1) is 6.09. The van der Waals surface area contributed by atoms with Gasteiger partial charge < -0.3 is 0 Å². The summed E-state index contributed by atoms with van der Waals surface area (Å²) in [7, 11) is 0. The monoisotopic (exact) mass is 340 g/mol. The van der Waals surface area contributed by atoms with Crippen molar-refractivity contribution in [3.8, 4) is 0 Å². The van der Waals surface area contributed by atoms with E-state index in [0.29, 0.717) is 0 Å². The number of fused-ring (bicyclic) bond motifs is 1. The second-order valence-corrected chi connectivity index (χ2v) is 24.1. The fourth-order valence-corrected chi connectivity index (χ4v) is 8.72. The third-order valence-electron chi connectivity index (χ3n) is 2.73. The van der Waals surface area contributed by atoms with Crippen LogP contribution < -0.4 is 0 Å². The van der Waals surface area contributed by atoms with Crippen molar-refractivity contribution in [2.75, 3.05) is 0 Å². The number of hydrogen-bond acceptors (Lipinski definition) is 0. The minimum absolute atomic E-state index is 0.809. The predicted octanol–water partition coefficient (Wildman–Crippen LogP) is 4.05. The summed E-state index contributed by atoms with van der Waals surface area (Å²) < 4.78 is 8.36. The molecule has 0 nitrogen and oxygen atoms in total. The molecule has 1 aliphatic carbocycles. The third kappa shape index (κ3) is 1.71. The third-order valence-corrected chi connectivity index (χ3v) is 11.2. The molecule has 0 N–H and O–H groups in total. The van der Waals surface area contributed by atoms with Crippen LogP contribution in [-0.4, -0.2) is 0 Å². The molecule has 1 aliphatic rings. The molecule has 0 fully saturated rings. The molecule has 0 aromatic heterocycles. The van der Waals surface area contributed by atoms with E-state index in [2.05, 4.69) is 50.5 Å². The summed E-state index contributed by atoms with van der Waals surface area (Å²) in [6.45, 7) is 0. The van der Waals surface area contributed by atoms with E-state index in [1.807, 2.05) is 0 Å². The van der Waals surface area contributed by atoms with E-state index < -0.39 is 20.0 Å². The number of benzene rings is 1. The first-order valence-electron chi connectivity index (χ1n) is 4.86. The first kappa shape index (κ1) is 9.39. The Balaban J connectivity index is 2.45. The molecular formula is C12H16Hf. The van der Waals surface area contributed by atoms with Gasteiger partial charge in [0.15, 0.2) is 0 Å². The van der Waals surface area contributed by atoms with Crippen LogP contribution in [0.4, 0.5) is 0 Å². The SMILES string of the molecule is [CH3][Hf]([CH3])([CH3])[CH]1C=Cc2ccccc21. The van der Waals surface area contributed by atoms with Crippen LogP contribution in [0.15, 0.2) is 30.3 Å². The first-order valence-corrected chi connectivity index (χ1v) is 17.7. The molecule has 1 aromatic carbocycles. The molecule has 68 valence electrons. The van der Waals surface area contributed by atoms with Gasteiger partial charge in [-0.15, -0.1) is 0 Å². The van der Waals surface area contributed by atoms with E-state index in [1.54, 1.807) is 5.56 Å². The second-order valence-electron chi connectivity index (χ2n) is 4.83. The van der Waals surface area contributed by atoms with Crippen LogP contribution >= 0.6 is 0 Å². The van der Waals surface area contributed by atoms with Crippen molar-refractivity contribution in [1.82, 2.24) is 0 Å². The van der Waals surface area contributed by atoms with Crippen LogP contribution in [0.1, 0.15) is 14.8 Å². The molecule has 0 aliphatic heterocycles. The van der Waals surface area contributed by atoms with Gasteiger partial charge in [-0.05, 0) is 0 Å². The van der Waals surface area contributed by atoms with Crippen LogP contribution in [-0.2, 0) is 20.0 Å². The molecule has 0 heterocycles. The fourth-order valence-electron chi connectivity index (χ4n) is 2.00. The Labute approximate surface area is 85.0 Å². The Bertz CT molecular complexity index is 344. The van der Waals surface area contributed by atoms with E-state index in [4.69, 9.17) is 0 Å². The fraction of sp³-hybridized carbons (Fsp3) is 0.333. The van der Waals surface area contributed by atoms with Crippen molar-refractivity contribution in [3.05, 3.63) is 41.5 Å². The molecule has 0 bridgehead atoms. The minimum atomic E-state index is -1.90. The maximum atomic E-state index is 2.52. The summed E-state index contributed by atoms with van der Waals surface area (Å²) in [6, 6.07) is 8.82. The molecule has 13 heavy (non-hydrogen) atoms. The molecule has 0 radical (unpaired) electrons. The van der Waals surface area contributed by atoms with Crippen LogP contribution in [0.2, 0.25) is 14.0 Å². The quantitative estimate of drug-likeness (QED) is 0.678. The molecule has 0 amide bonds. The van der Waals surface area contributed by atoms with Gasteiger partial charge in [0.25, 0.3) is 0 Å². The van der Waals surface area contributed by atoms with E-state index in [0.717, 1.165) is 3.67 Å². The Morgan fingerprint density at radius 1 is 1.08 bits per heavy atom. The Morgan fingerprint density at radius 3 is 2.46 bits per heavy atom. The summed E-state index contributed by atoms with van der Waals surface area (Å²) in [6.07, 6.45) is 4.72. The van der Waals surface area contributed by atoms with Crippen molar-refractivity contribution in [2.24, 2.45) is 0 Å². The average Bonchev–Trinajstić information content (AvgIpc) is 2.45. The van der Waals surface area contributed by atoms with Gasteiger partial charge in [-0.2, -0.15) is 0 Å². The van der Waals surface area contributed by atoms with Crippen molar-refractivity contribution >= 4 is 6.08 Å². The van der Waals surface area contributed by atoms with Gasteiger partial charge in [-0.1, -0.05) is 0 Å². The van der Waals surface area contributed by atoms with Crippen LogP contribution in [0.5, 0.6) is 0 Å².